The molecule has 1 fully saturated rings. The Morgan fingerprint density at radius 1 is 1.11 bits per heavy atom. The summed E-state index contributed by atoms with van der Waals surface area (Å²) in [6.07, 6.45) is 1.50. The highest BCUT2D eigenvalue weighted by Gasteiger charge is 1.91. The van der Waals surface area contributed by atoms with Gasteiger partial charge in [0.1, 0.15) is 0 Å². The Morgan fingerprint density at radius 3 is 1.22 bits per heavy atom. The molecule has 0 aromatic heterocycles. The highest BCUT2D eigenvalue weighted by molar-refractivity contribution is 5.26. The first-order valence-electron chi connectivity index (χ1n) is 2.12. The second kappa shape index (κ2) is 15.9. The van der Waals surface area contributed by atoms with Crippen molar-refractivity contribution in [1.29, 1.82) is 10.8 Å². The third kappa shape index (κ3) is 1910. The Labute approximate surface area is 52.1 Å². The lowest BCUT2D eigenvalue weighted by atomic mass is 11.0. The fraction of sp³-hybridized carbons (Fsp3) is 0.500. The highest BCUT2D eigenvalue weighted by atomic mass is 16.1. The van der Waals surface area contributed by atoms with E-state index in [0.717, 1.165) is 12.2 Å². The normalized spacial score (nSPS) is 9.78. The summed E-state index contributed by atoms with van der Waals surface area (Å²) in [4.78, 5) is 16.7. The van der Waals surface area contributed by atoms with E-state index in [1.165, 1.54) is 13.1 Å². The van der Waals surface area contributed by atoms with Gasteiger partial charge in [-0.05, 0) is 0 Å². The number of carbonyl (C=O) groups excluding carboxylic acids is 2. The van der Waals surface area contributed by atoms with Crippen molar-refractivity contribution < 1.29 is 9.59 Å². The second-order valence-corrected chi connectivity index (χ2v) is 0.954. The average Bonchev–Trinajstić information content (AvgIpc) is 2.48. The molecule has 50 valence electrons. The molecule has 1 aliphatic rings. The molecule has 0 spiro atoms. The molecule has 5 nitrogen and oxygen atoms in total. The lowest BCUT2D eigenvalue weighted by Crippen LogP contribution is -1.56. The van der Waals surface area contributed by atoms with Crippen molar-refractivity contribution in [1.82, 2.24) is 5.32 Å². The Hall–Kier alpha value is -1.28. The molecule has 0 aromatic rings. The molecule has 0 aromatic carbocycles. The molecular weight excluding hydrogens is 122 g/mol. The summed E-state index contributed by atoms with van der Waals surface area (Å²) in [7, 11) is 0. The Kier molecular flexibility index (Phi) is 18.8. The molecule has 3 N–H and O–H groups in total. The molecule has 1 heterocycles. The topological polar surface area (TPSA) is 104 Å². The smallest absolute Gasteiger partial charge is 0.231 e. The van der Waals surface area contributed by atoms with Gasteiger partial charge in [0.25, 0.3) is 0 Å². The molecule has 0 aliphatic carbocycles. The van der Waals surface area contributed by atoms with Crippen molar-refractivity contribution in [3.63, 3.8) is 0 Å². The lowest BCUT2D eigenvalue weighted by Gasteiger charge is -1.21. The fourth-order valence-electron chi connectivity index (χ4n) is 0. The van der Waals surface area contributed by atoms with Gasteiger partial charge in [-0.3, -0.25) is 0 Å². The summed E-state index contributed by atoms with van der Waals surface area (Å²) in [5.74, 6) is 0. The summed E-state index contributed by atoms with van der Waals surface area (Å²) in [5, 5.41) is 13.8. The van der Waals surface area contributed by atoms with Crippen LogP contribution < -0.4 is 5.32 Å². The standard InChI is InChI=1S/C2H5N.2CHNO/c1-2-3-1;2*2-1-3/h3H,1-2H2;2*2H. The van der Waals surface area contributed by atoms with Crippen LogP contribution in [0.5, 0.6) is 0 Å². The predicted octanol–water partition coefficient (Wildman–Crippen LogP) is -0.608. The van der Waals surface area contributed by atoms with Crippen LogP contribution in [-0.4, -0.2) is 25.2 Å². The van der Waals surface area contributed by atoms with Crippen molar-refractivity contribution in [2.45, 2.75) is 0 Å². The van der Waals surface area contributed by atoms with Gasteiger partial charge in [0.15, 0.2) is 0 Å². The van der Waals surface area contributed by atoms with Crippen LogP contribution in [0.1, 0.15) is 0 Å². The summed E-state index contributed by atoms with van der Waals surface area (Å²) in [6.45, 7) is 2.50. The van der Waals surface area contributed by atoms with Crippen LogP contribution in [0.15, 0.2) is 0 Å². The molecule has 0 saturated carbocycles. The molecule has 0 unspecified atom stereocenters. The number of hydrogen-bond acceptors (Lipinski definition) is 5. The Morgan fingerprint density at radius 2 is 1.22 bits per heavy atom. The lowest BCUT2D eigenvalue weighted by molar-refractivity contribution is 0.562. The van der Waals surface area contributed by atoms with E-state index in [0.29, 0.717) is 0 Å². The molecule has 1 rings (SSSR count). The summed E-state index contributed by atoms with van der Waals surface area (Å²) < 4.78 is 0. The number of nitrogens with one attached hydrogen (secondary N) is 3. The third-order valence-electron chi connectivity index (χ3n) is 0.250. The van der Waals surface area contributed by atoms with Crippen LogP contribution >= 0.6 is 0 Å². The van der Waals surface area contributed by atoms with Crippen molar-refractivity contribution >= 4 is 12.2 Å². The minimum Gasteiger partial charge on any atom is -0.314 e. The van der Waals surface area contributed by atoms with E-state index < -0.39 is 0 Å². The first-order valence-corrected chi connectivity index (χ1v) is 2.12. The minimum atomic E-state index is 0.750. The predicted molar refractivity (Wildman–Crippen MR) is 29.7 cm³/mol. The number of hydrogen-bond donors (Lipinski definition) is 3. The molecule has 1 saturated heterocycles. The van der Waals surface area contributed by atoms with E-state index in [4.69, 9.17) is 20.4 Å². The quantitative estimate of drug-likeness (QED) is 0.231. The first-order chi connectivity index (χ1) is 4.33. The maximum absolute atomic E-state index is 8.35. The second-order valence-electron chi connectivity index (χ2n) is 0.954. The van der Waals surface area contributed by atoms with Gasteiger partial charge >= 0.3 is 0 Å². The molecular formula is C4H7N3O2. The van der Waals surface area contributed by atoms with Crippen LogP contribution in [0.2, 0.25) is 0 Å². The van der Waals surface area contributed by atoms with Gasteiger partial charge in [0, 0.05) is 13.1 Å². The summed E-state index contributed by atoms with van der Waals surface area (Å²) >= 11 is 0. The van der Waals surface area contributed by atoms with E-state index >= 15 is 0 Å². The van der Waals surface area contributed by atoms with Crippen molar-refractivity contribution in [3.05, 3.63) is 0 Å². The molecule has 9 heavy (non-hydrogen) atoms. The van der Waals surface area contributed by atoms with Gasteiger partial charge in [0.05, 0.1) is 0 Å². The highest BCUT2D eigenvalue weighted by Crippen LogP contribution is 1.65. The van der Waals surface area contributed by atoms with E-state index in [1.807, 2.05) is 0 Å². The molecule has 0 atom stereocenters. The zero-order valence-electron chi connectivity index (χ0n) is 4.73. The van der Waals surface area contributed by atoms with E-state index in [9.17, 15) is 0 Å². The summed E-state index contributed by atoms with van der Waals surface area (Å²) in [5.41, 5.74) is 0. The number of isocyanates is 2. The van der Waals surface area contributed by atoms with Gasteiger partial charge in [-0.15, -0.1) is 0 Å². The molecule has 5 heteroatoms. The van der Waals surface area contributed by atoms with E-state index in [-0.39, 0.29) is 0 Å². The van der Waals surface area contributed by atoms with Gasteiger partial charge in [-0.25, -0.2) is 20.4 Å². The van der Waals surface area contributed by atoms with Crippen molar-refractivity contribution in [2.24, 2.45) is 0 Å². The zero-order valence-corrected chi connectivity index (χ0v) is 4.73. The average molecular weight is 129 g/mol. The van der Waals surface area contributed by atoms with Gasteiger partial charge in [-0.2, -0.15) is 0 Å². The maximum Gasteiger partial charge on any atom is 0.231 e. The van der Waals surface area contributed by atoms with Crippen molar-refractivity contribution in [3.8, 4) is 0 Å². The van der Waals surface area contributed by atoms with Gasteiger partial charge in [0.2, 0.25) is 12.2 Å². The molecule has 0 bridgehead atoms. The fourth-order valence-corrected chi connectivity index (χ4v) is 0. The number of rotatable bonds is 0. The van der Waals surface area contributed by atoms with Crippen LogP contribution in [-0.2, 0) is 9.59 Å². The van der Waals surface area contributed by atoms with Crippen LogP contribution in [0, 0.1) is 10.8 Å². The Balaban J connectivity index is 0. The van der Waals surface area contributed by atoms with Crippen LogP contribution in [0.4, 0.5) is 0 Å². The summed E-state index contributed by atoms with van der Waals surface area (Å²) in [6, 6.07) is 0. The Bertz CT molecular complexity index is 94.2. The molecule has 0 amide bonds. The maximum atomic E-state index is 8.35. The first kappa shape index (κ1) is 10.7. The minimum absolute atomic E-state index is 0.750. The largest absolute Gasteiger partial charge is 0.314 e. The third-order valence-corrected chi connectivity index (χ3v) is 0.250. The van der Waals surface area contributed by atoms with Crippen LogP contribution in [0.25, 0.3) is 0 Å². The molecule has 1 aliphatic heterocycles. The van der Waals surface area contributed by atoms with Gasteiger partial charge < -0.3 is 5.32 Å². The van der Waals surface area contributed by atoms with Gasteiger partial charge in [-0.1, -0.05) is 0 Å². The zero-order chi connectivity index (χ0) is 7.54. The van der Waals surface area contributed by atoms with E-state index in [2.05, 4.69) is 5.32 Å². The monoisotopic (exact) mass is 129 g/mol. The molecule has 0 radical (unpaired) electrons. The van der Waals surface area contributed by atoms with Crippen LogP contribution in [0.3, 0.4) is 0 Å². The van der Waals surface area contributed by atoms with E-state index in [1.54, 1.807) is 0 Å². The van der Waals surface area contributed by atoms with Crippen molar-refractivity contribution in [2.75, 3.05) is 13.1 Å². The SMILES string of the molecule is C1CN1.N=C=O.N=C=O.